The maximum Gasteiger partial charge on any atom is 0.299 e. The Balaban J connectivity index is 2.86. The van der Waals surface area contributed by atoms with E-state index in [1.807, 2.05) is 0 Å². The summed E-state index contributed by atoms with van der Waals surface area (Å²) >= 11 is 0. The Morgan fingerprint density at radius 3 is 2.81 bits per heavy atom. The maximum atomic E-state index is 11.7. The number of ether oxygens (including phenoxy) is 1. The molecule has 0 aliphatic carbocycles. The third-order valence-corrected chi connectivity index (χ3v) is 2.19. The Morgan fingerprint density at radius 1 is 1.56 bits per heavy atom. The predicted octanol–water partition coefficient (Wildman–Crippen LogP) is 0.930. The first kappa shape index (κ1) is 12.4. The zero-order valence-electron chi connectivity index (χ0n) is 9.82. The minimum absolute atomic E-state index is 0.118. The highest BCUT2D eigenvalue weighted by Crippen LogP contribution is 2.06. The van der Waals surface area contributed by atoms with Crippen LogP contribution >= 0.6 is 0 Å². The number of methoxy groups -OCH3 is 1. The van der Waals surface area contributed by atoms with E-state index in [2.05, 4.69) is 4.98 Å². The van der Waals surface area contributed by atoms with Crippen molar-refractivity contribution in [3.05, 3.63) is 22.1 Å². The lowest BCUT2D eigenvalue weighted by Crippen LogP contribution is -2.23. The van der Waals surface area contributed by atoms with Crippen LogP contribution in [0.5, 0.6) is 6.01 Å². The van der Waals surface area contributed by atoms with Crippen molar-refractivity contribution in [1.82, 2.24) is 9.55 Å². The highest BCUT2D eigenvalue weighted by atomic mass is 16.5. The van der Waals surface area contributed by atoms with Gasteiger partial charge in [0.25, 0.3) is 11.6 Å². The SMILES string of the molecule is COc1nc(C)cc(=O)n1CCCC(C)=O. The standard InChI is InChI=1S/C11H16N2O3/c1-8-7-10(15)13(11(12-8)16-3)6-4-5-9(2)14/h7H,4-6H2,1-3H3. The number of rotatable bonds is 5. The van der Waals surface area contributed by atoms with E-state index < -0.39 is 0 Å². The highest BCUT2D eigenvalue weighted by molar-refractivity contribution is 5.75. The molecular formula is C11H16N2O3. The van der Waals surface area contributed by atoms with E-state index in [9.17, 15) is 9.59 Å². The molecule has 1 rings (SSSR count). The number of hydrogen-bond acceptors (Lipinski definition) is 4. The van der Waals surface area contributed by atoms with Gasteiger partial charge in [0.15, 0.2) is 0 Å². The molecule has 0 unspecified atom stereocenters. The summed E-state index contributed by atoms with van der Waals surface area (Å²) in [7, 11) is 1.47. The molecule has 1 aromatic rings. The van der Waals surface area contributed by atoms with Crippen LogP contribution in [0, 0.1) is 6.92 Å². The van der Waals surface area contributed by atoms with Gasteiger partial charge in [0.2, 0.25) is 0 Å². The third-order valence-electron chi connectivity index (χ3n) is 2.19. The minimum Gasteiger partial charge on any atom is -0.468 e. The zero-order valence-corrected chi connectivity index (χ0v) is 9.82. The summed E-state index contributed by atoms with van der Waals surface area (Å²) in [5, 5.41) is 0. The maximum absolute atomic E-state index is 11.7. The smallest absolute Gasteiger partial charge is 0.299 e. The molecule has 5 heteroatoms. The topological polar surface area (TPSA) is 61.2 Å². The number of nitrogens with zero attached hydrogens (tertiary/aromatic N) is 2. The van der Waals surface area contributed by atoms with Gasteiger partial charge in [-0.25, -0.2) is 4.98 Å². The van der Waals surface area contributed by atoms with Crippen LogP contribution in [0.4, 0.5) is 0 Å². The molecule has 0 amide bonds. The van der Waals surface area contributed by atoms with Crippen LogP contribution < -0.4 is 10.3 Å². The number of aryl methyl sites for hydroxylation is 1. The highest BCUT2D eigenvalue weighted by Gasteiger charge is 2.07. The van der Waals surface area contributed by atoms with Crippen LogP contribution in [0.15, 0.2) is 10.9 Å². The lowest BCUT2D eigenvalue weighted by Gasteiger charge is -2.10. The summed E-state index contributed by atoms with van der Waals surface area (Å²) in [6.07, 6.45) is 1.08. The third kappa shape index (κ3) is 3.18. The second-order valence-corrected chi connectivity index (χ2v) is 3.68. The van der Waals surface area contributed by atoms with Gasteiger partial charge >= 0.3 is 0 Å². The van der Waals surface area contributed by atoms with Gasteiger partial charge in [-0.15, -0.1) is 0 Å². The van der Waals surface area contributed by atoms with E-state index in [1.54, 1.807) is 6.92 Å². The summed E-state index contributed by atoms with van der Waals surface area (Å²) in [6, 6.07) is 1.75. The molecule has 0 aliphatic heterocycles. The molecule has 1 aromatic heterocycles. The molecule has 5 nitrogen and oxygen atoms in total. The molecule has 0 aromatic carbocycles. The summed E-state index contributed by atoms with van der Waals surface area (Å²) in [5.41, 5.74) is 0.484. The van der Waals surface area contributed by atoms with Gasteiger partial charge in [0.1, 0.15) is 5.78 Å². The Kier molecular flexibility index (Phi) is 4.22. The Labute approximate surface area is 94.1 Å². The normalized spacial score (nSPS) is 10.2. The first-order valence-electron chi connectivity index (χ1n) is 5.16. The zero-order chi connectivity index (χ0) is 12.1. The van der Waals surface area contributed by atoms with Gasteiger partial charge in [-0.3, -0.25) is 9.36 Å². The summed E-state index contributed by atoms with van der Waals surface area (Å²) in [5.74, 6) is 0.118. The lowest BCUT2D eigenvalue weighted by molar-refractivity contribution is -0.117. The fourth-order valence-electron chi connectivity index (χ4n) is 1.44. The Bertz CT molecular complexity index is 437. The molecule has 1 heterocycles. The largest absolute Gasteiger partial charge is 0.468 e. The molecule has 0 saturated heterocycles. The first-order chi connectivity index (χ1) is 7.54. The number of hydrogen-bond donors (Lipinski definition) is 0. The van der Waals surface area contributed by atoms with Crippen molar-refractivity contribution in [2.45, 2.75) is 33.2 Å². The number of carbonyl (C=O) groups excluding carboxylic acids is 1. The van der Waals surface area contributed by atoms with Crippen LogP contribution in [-0.2, 0) is 11.3 Å². The second kappa shape index (κ2) is 5.44. The van der Waals surface area contributed by atoms with Crippen molar-refractivity contribution >= 4 is 5.78 Å². The lowest BCUT2D eigenvalue weighted by atomic mass is 10.2. The minimum atomic E-state index is -0.145. The molecule has 0 atom stereocenters. The van der Waals surface area contributed by atoms with Gasteiger partial charge < -0.3 is 9.53 Å². The van der Waals surface area contributed by atoms with Gasteiger partial charge in [0.05, 0.1) is 7.11 Å². The van der Waals surface area contributed by atoms with Crippen LogP contribution in [0.2, 0.25) is 0 Å². The fourth-order valence-corrected chi connectivity index (χ4v) is 1.44. The Hall–Kier alpha value is -1.65. The molecule has 0 aliphatic rings. The molecule has 0 fully saturated rings. The molecule has 16 heavy (non-hydrogen) atoms. The number of aromatic nitrogens is 2. The van der Waals surface area contributed by atoms with E-state index in [0.29, 0.717) is 31.1 Å². The predicted molar refractivity (Wildman–Crippen MR) is 59.7 cm³/mol. The van der Waals surface area contributed by atoms with Gasteiger partial charge in [-0.2, -0.15) is 0 Å². The first-order valence-corrected chi connectivity index (χ1v) is 5.16. The van der Waals surface area contributed by atoms with Crippen LogP contribution in [0.3, 0.4) is 0 Å². The van der Waals surface area contributed by atoms with Crippen LogP contribution in [0.1, 0.15) is 25.5 Å². The summed E-state index contributed by atoms with van der Waals surface area (Å²) in [6.45, 7) is 3.73. The number of Topliss-reactive ketones (excluding diaryl/α,β-unsaturated/α-hetero) is 1. The number of carbonyl (C=O) groups is 1. The van der Waals surface area contributed by atoms with Crippen molar-refractivity contribution in [1.29, 1.82) is 0 Å². The van der Waals surface area contributed by atoms with E-state index in [1.165, 1.54) is 24.7 Å². The van der Waals surface area contributed by atoms with E-state index >= 15 is 0 Å². The van der Waals surface area contributed by atoms with E-state index in [-0.39, 0.29) is 11.3 Å². The van der Waals surface area contributed by atoms with E-state index in [0.717, 1.165) is 0 Å². The molecule has 88 valence electrons. The fraction of sp³-hybridized carbons (Fsp3) is 0.545. The van der Waals surface area contributed by atoms with Crippen molar-refractivity contribution < 1.29 is 9.53 Å². The van der Waals surface area contributed by atoms with Crippen molar-refractivity contribution in [2.24, 2.45) is 0 Å². The van der Waals surface area contributed by atoms with Gasteiger partial charge in [-0.1, -0.05) is 0 Å². The molecular weight excluding hydrogens is 208 g/mol. The molecule has 0 radical (unpaired) electrons. The average Bonchev–Trinajstić information content (AvgIpc) is 2.20. The van der Waals surface area contributed by atoms with E-state index in [4.69, 9.17) is 4.74 Å². The summed E-state index contributed by atoms with van der Waals surface area (Å²) in [4.78, 5) is 26.6. The van der Waals surface area contributed by atoms with Crippen molar-refractivity contribution in [3.63, 3.8) is 0 Å². The summed E-state index contributed by atoms with van der Waals surface area (Å²) < 4.78 is 6.47. The molecule has 0 bridgehead atoms. The quantitative estimate of drug-likeness (QED) is 0.746. The molecule has 0 N–H and O–H groups in total. The second-order valence-electron chi connectivity index (χ2n) is 3.68. The van der Waals surface area contributed by atoms with Crippen molar-refractivity contribution in [3.8, 4) is 6.01 Å². The van der Waals surface area contributed by atoms with Gasteiger partial charge in [-0.05, 0) is 20.3 Å². The molecule has 0 spiro atoms. The van der Waals surface area contributed by atoms with Crippen molar-refractivity contribution in [2.75, 3.05) is 7.11 Å². The monoisotopic (exact) mass is 224 g/mol. The van der Waals surface area contributed by atoms with Crippen LogP contribution in [-0.4, -0.2) is 22.4 Å². The number of ketones is 1. The average molecular weight is 224 g/mol. The molecule has 0 saturated carbocycles. The van der Waals surface area contributed by atoms with Crippen LogP contribution in [0.25, 0.3) is 0 Å². The van der Waals surface area contributed by atoms with Gasteiger partial charge in [0, 0.05) is 24.7 Å². The Morgan fingerprint density at radius 2 is 2.25 bits per heavy atom.